The van der Waals surface area contributed by atoms with Crippen LogP contribution in [0.5, 0.6) is 0 Å². The van der Waals surface area contributed by atoms with Crippen LogP contribution in [0.4, 0.5) is 18.9 Å². The van der Waals surface area contributed by atoms with Crippen LogP contribution >= 0.6 is 11.6 Å². The van der Waals surface area contributed by atoms with E-state index in [2.05, 4.69) is 10.6 Å². The average Bonchev–Trinajstić information content (AvgIpc) is 2.27. The van der Waals surface area contributed by atoms with Crippen LogP contribution < -0.4 is 10.6 Å². The van der Waals surface area contributed by atoms with E-state index in [9.17, 15) is 18.0 Å². The lowest BCUT2D eigenvalue weighted by molar-refractivity contribution is -0.137. The van der Waals surface area contributed by atoms with Gasteiger partial charge in [0.2, 0.25) is 5.91 Å². The number of carbonyl (C=O) groups excluding carboxylic acids is 1. The molecular weight excluding hydrogens is 269 g/mol. The lowest BCUT2D eigenvalue weighted by atomic mass is 10.1. The third kappa shape index (κ3) is 4.19. The minimum absolute atomic E-state index is 0.0352. The van der Waals surface area contributed by atoms with Gasteiger partial charge < -0.3 is 10.6 Å². The first-order valence-electron chi connectivity index (χ1n) is 5.22. The molecule has 0 aliphatic heterocycles. The van der Waals surface area contributed by atoms with Gasteiger partial charge in [0.15, 0.2) is 0 Å². The zero-order valence-corrected chi connectivity index (χ0v) is 10.3. The molecular formula is C11H12ClF3N2O. The van der Waals surface area contributed by atoms with E-state index in [1.807, 2.05) is 0 Å². The van der Waals surface area contributed by atoms with Crippen molar-refractivity contribution in [2.24, 2.45) is 0 Å². The van der Waals surface area contributed by atoms with Crippen LogP contribution in [-0.2, 0) is 11.0 Å². The number of hydrogen-bond donors (Lipinski definition) is 2. The second kappa shape index (κ2) is 6.06. The highest BCUT2D eigenvalue weighted by Crippen LogP contribution is 2.36. The molecule has 0 aliphatic rings. The van der Waals surface area contributed by atoms with Crippen molar-refractivity contribution in [3.63, 3.8) is 0 Å². The molecule has 100 valence electrons. The Kier molecular flexibility index (Phi) is 4.98. The van der Waals surface area contributed by atoms with Gasteiger partial charge in [-0.05, 0) is 24.7 Å². The average molecular weight is 281 g/mol. The smallest absolute Gasteiger partial charge is 0.324 e. The van der Waals surface area contributed by atoms with Crippen molar-refractivity contribution in [1.29, 1.82) is 0 Å². The maximum absolute atomic E-state index is 12.7. The monoisotopic (exact) mass is 280 g/mol. The highest BCUT2D eigenvalue weighted by Gasteiger charge is 2.34. The summed E-state index contributed by atoms with van der Waals surface area (Å²) in [6.07, 6.45) is -4.56. The number of rotatable bonds is 4. The molecule has 0 saturated heterocycles. The maximum atomic E-state index is 12.7. The van der Waals surface area contributed by atoms with Crippen molar-refractivity contribution in [3.05, 3.63) is 28.8 Å². The van der Waals surface area contributed by atoms with E-state index in [1.54, 1.807) is 6.92 Å². The quantitative estimate of drug-likeness (QED) is 0.890. The van der Waals surface area contributed by atoms with Crippen molar-refractivity contribution in [2.45, 2.75) is 13.1 Å². The zero-order valence-electron chi connectivity index (χ0n) is 9.57. The molecule has 3 nitrogen and oxygen atoms in total. The summed E-state index contributed by atoms with van der Waals surface area (Å²) < 4.78 is 38.1. The standard InChI is InChI=1S/C11H12ClF3N2O/c1-2-16-6-10(18)17-9-4-3-7(12)5-8(9)11(13,14)15/h3-5,16H,2,6H2,1H3,(H,17,18). The highest BCUT2D eigenvalue weighted by molar-refractivity contribution is 6.30. The van der Waals surface area contributed by atoms with Gasteiger partial charge in [0.1, 0.15) is 0 Å². The number of likely N-dealkylation sites (N-methyl/N-ethyl adjacent to an activating group) is 1. The minimum atomic E-state index is -4.56. The number of benzene rings is 1. The summed E-state index contributed by atoms with van der Waals surface area (Å²) in [7, 11) is 0. The number of carbonyl (C=O) groups is 1. The van der Waals surface area contributed by atoms with Crippen LogP contribution in [0.15, 0.2) is 18.2 Å². The topological polar surface area (TPSA) is 41.1 Å². The summed E-state index contributed by atoms with van der Waals surface area (Å²) in [6, 6.07) is 3.21. The first-order valence-corrected chi connectivity index (χ1v) is 5.59. The first kappa shape index (κ1) is 14.8. The summed E-state index contributed by atoms with van der Waals surface area (Å²) in [5.41, 5.74) is -1.25. The predicted molar refractivity (Wildman–Crippen MR) is 63.6 cm³/mol. The Bertz CT molecular complexity index is 435. The van der Waals surface area contributed by atoms with Gasteiger partial charge in [-0.2, -0.15) is 13.2 Å². The summed E-state index contributed by atoms with van der Waals surface area (Å²) in [6.45, 7) is 2.30. The number of alkyl halides is 3. The van der Waals surface area contributed by atoms with Gasteiger partial charge in [-0.15, -0.1) is 0 Å². The molecule has 0 spiro atoms. The van der Waals surface area contributed by atoms with Crippen molar-refractivity contribution in [1.82, 2.24) is 5.32 Å². The Balaban J connectivity index is 2.92. The number of halogens is 4. The fraction of sp³-hybridized carbons (Fsp3) is 0.364. The van der Waals surface area contributed by atoms with Crippen LogP contribution in [0.2, 0.25) is 5.02 Å². The Hall–Kier alpha value is -1.27. The zero-order chi connectivity index (χ0) is 13.8. The van der Waals surface area contributed by atoms with Crippen LogP contribution in [0.25, 0.3) is 0 Å². The molecule has 1 aromatic carbocycles. The molecule has 0 fully saturated rings. The van der Waals surface area contributed by atoms with E-state index in [-0.39, 0.29) is 17.3 Å². The van der Waals surface area contributed by atoms with Gasteiger partial charge in [-0.25, -0.2) is 0 Å². The van der Waals surface area contributed by atoms with E-state index in [1.165, 1.54) is 6.07 Å². The molecule has 0 heterocycles. The van der Waals surface area contributed by atoms with Gasteiger partial charge in [-0.3, -0.25) is 4.79 Å². The van der Waals surface area contributed by atoms with Crippen LogP contribution in [-0.4, -0.2) is 19.0 Å². The number of anilines is 1. The molecule has 18 heavy (non-hydrogen) atoms. The Morgan fingerprint density at radius 3 is 2.61 bits per heavy atom. The molecule has 2 N–H and O–H groups in total. The maximum Gasteiger partial charge on any atom is 0.418 e. The SMILES string of the molecule is CCNCC(=O)Nc1ccc(Cl)cc1C(F)(F)F. The van der Waals surface area contributed by atoms with Crippen LogP contribution in [0, 0.1) is 0 Å². The molecule has 0 unspecified atom stereocenters. The molecule has 1 rings (SSSR count). The lowest BCUT2D eigenvalue weighted by Gasteiger charge is -2.14. The molecule has 0 atom stereocenters. The predicted octanol–water partition coefficient (Wildman–Crippen LogP) is 2.91. The summed E-state index contributed by atoms with van der Waals surface area (Å²) >= 11 is 5.52. The van der Waals surface area contributed by atoms with Crippen molar-refractivity contribution in [2.75, 3.05) is 18.4 Å². The van der Waals surface area contributed by atoms with Gasteiger partial charge >= 0.3 is 6.18 Å². The minimum Gasteiger partial charge on any atom is -0.324 e. The van der Waals surface area contributed by atoms with Crippen molar-refractivity contribution < 1.29 is 18.0 Å². The second-order valence-corrected chi connectivity index (χ2v) is 3.95. The number of amides is 1. The molecule has 1 amide bonds. The molecule has 0 saturated carbocycles. The van der Waals surface area contributed by atoms with Gasteiger partial charge in [0.25, 0.3) is 0 Å². The fourth-order valence-corrected chi connectivity index (χ4v) is 1.47. The normalized spacial score (nSPS) is 11.4. The Morgan fingerprint density at radius 2 is 2.06 bits per heavy atom. The van der Waals surface area contributed by atoms with Gasteiger partial charge in [-0.1, -0.05) is 18.5 Å². The molecule has 0 aliphatic carbocycles. The first-order chi connectivity index (χ1) is 8.34. The molecule has 0 bridgehead atoms. The summed E-state index contributed by atoms with van der Waals surface area (Å²) in [4.78, 5) is 11.4. The van der Waals surface area contributed by atoms with Crippen LogP contribution in [0.3, 0.4) is 0 Å². The highest BCUT2D eigenvalue weighted by atomic mass is 35.5. The van der Waals surface area contributed by atoms with E-state index in [0.29, 0.717) is 6.54 Å². The molecule has 1 aromatic rings. The number of hydrogen-bond acceptors (Lipinski definition) is 2. The summed E-state index contributed by atoms with van der Waals surface area (Å²) in [5, 5.41) is 4.88. The van der Waals surface area contributed by atoms with Gasteiger partial charge in [0.05, 0.1) is 17.8 Å². The number of nitrogens with one attached hydrogen (secondary N) is 2. The Morgan fingerprint density at radius 1 is 1.39 bits per heavy atom. The molecule has 7 heteroatoms. The van der Waals surface area contributed by atoms with E-state index >= 15 is 0 Å². The van der Waals surface area contributed by atoms with E-state index in [0.717, 1.165) is 12.1 Å². The lowest BCUT2D eigenvalue weighted by Crippen LogP contribution is -2.28. The van der Waals surface area contributed by atoms with Gasteiger partial charge in [0, 0.05) is 5.02 Å². The molecule has 0 aromatic heterocycles. The van der Waals surface area contributed by atoms with E-state index in [4.69, 9.17) is 11.6 Å². The molecule has 0 radical (unpaired) electrons. The van der Waals surface area contributed by atoms with E-state index < -0.39 is 17.6 Å². The third-order valence-electron chi connectivity index (χ3n) is 2.10. The summed E-state index contributed by atoms with van der Waals surface area (Å²) in [5.74, 6) is -0.537. The Labute approximate surface area is 107 Å². The second-order valence-electron chi connectivity index (χ2n) is 3.52. The third-order valence-corrected chi connectivity index (χ3v) is 2.33. The largest absolute Gasteiger partial charge is 0.418 e. The van der Waals surface area contributed by atoms with Crippen molar-refractivity contribution >= 4 is 23.2 Å². The fourth-order valence-electron chi connectivity index (χ4n) is 1.29. The van der Waals surface area contributed by atoms with Crippen LogP contribution in [0.1, 0.15) is 12.5 Å². The van der Waals surface area contributed by atoms with Crippen molar-refractivity contribution in [3.8, 4) is 0 Å².